The van der Waals surface area contributed by atoms with Gasteiger partial charge in [-0.05, 0) is 56.0 Å². The highest BCUT2D eigenvalue weighted by atomic mass is 16.2. The highest BCUT2D eigenvalue weighted by molar-refractivity contribution is 5.96. The van der Waals surface area contributed by atoms with Crippen molar-refractivity contribution in [1.82, 2.24) is 5.32 Å². The molecule has 0 aliphatic heterocycles. The molecule has 0 fully saturated rings. The molecule has 1 aromatic rings. The molecule has 0 aliphatic rings. The van der Waals surface area contributed by atoms with E-state index in [9.17, 15) is 9.59 Å². The molecule has 0 aliphatic carbocycles. The largest absolute Gasteiger partial charge is 0.352 e. The van der Waals surface area contributed by atoms with Gasteiger partial charge in [0.05, 0.1) is 0 Å². The van der Waals surface area contributed by atoms with Crippen molar-refractivity contribution in [3.63, 3.8) is 0 Å². The number of carbonyl (C=O) groups excluding carboxylic acids is 2. The lowest BCUT2D eigenvalue weighted by Crippen LogP contribution is -2.27. The number of hydrogen-bond acceptors (Lipinski definition) is 3. The van der Waals surface area contributed by atoms with Crippen molar-refractivity contribution in [3.05, 3.63) is 29.3 Å². The summed E-state index contributed by atoms with van der Waals surface area (Å²) in [5, 5.41) is 5.82. The van der Waals surface area contributed by atoms with E-state index in [0.717, 1.165) is 36.9 Å². The fraction of sp³-hybridized carbons (Fsp3) is 0.579. The summed E-state index contributed by atoms with van der Waals surface area (Å²) in [5.41, 5.74) is 7.73. The molecule has 134 valence electrons. The number of aryl methyl sites for hydroxylation is 1. The van der Waals surface area contributed by atoms with Gasteiger partial charge in [-0.1, -0.05) is 26.7 Å². The Bertz CT molecular complexity index is 541. The van der Waals surface area contributed by atoms with Crippen LogP contribution in [-0.4, -0.2) is 24.9 Å². The smallest absolute Gasteiger partial charge is 0.251 e. The molecule has 0 bridgehead atoms. The van der Waals surface area contributed by atoms with E-state index in [4.69, 9.17) is 5.73 Å². The van der Waals surface area contributed by atoms with Gasteiger partial charge in [0.25, 0.3) is 5.91 Å². The molecule has 0 saturated heterocycles. The lowest BCUT2D eigenvalue weighted by atomic mass is 10.1. The first-order valence-corrected chi connectivity index (χ1v) is 8.82. The predicted octanol–water partition coefficient (Wildman–Crippen LogP) is 3.23. The van der Waals surface area contributed by atoms with Crippen LogP contribution in [0.4, 0.5) is 5.69 Å². The molecule has 4 N–H and O–H groups in total. The van der Waals surface area contributed by atoms with Crippen LogP contribution in [0.1, 0.15) is 61.9 Å². The Balaban J connectivity index is 2.49. The number of amides is 2. The molecule has 2 amide bonds. The monoisotopic (exact) mass is 333 g/mol. The molecule has 1 rings (SSSR count). The average Bonchev–Trinajstić information content (AvgIpc) is 2.54. The number of carbonyl (C=O) groups is 2. The third kappa shape index (κ3) is 7.59. The zero-order valence-corrected chi connectivity index (χ0v) is 15.2. The molecule has 1 aromatic carbocycles. The quantitative estimate of drug-likeness (QED) is 0.575. The van der Waals surface area contributed by atoms with Crippen LogP contribution in [0.3, 0.4) is 0 Å². The van der Waals surface area contributed by atoms with Crippen molar-refractivity contribution in [2.75, 3.05) is 18.4 Å². The second-order valence-electron chi connectivity index (χ2n) is 6.63. The van der Waals surface area contributed by atoms with E-state index in [-0.39, 0.29) is 11.8 Å². The summed E-state index contributed by atoms with van der Waals surface area (Å²) in [6.07, 6.45) is 4.50. The summed E-state index contributed by atoms with van der Waals surface area (Å²) in [7, 11) is 0. The Hall–Kier alpha value is -1.88. The van der Waals surface area contributed by atoms with Crippen LogP contribution in [0.15, 0.2) is 18.2 Å². The topological polar surface area (TPSA) is 84.2 Å². The van der Waals surface area contributed by atoms with Gasteiger partial charge in [-0.2, -0.15) is 0 Å². The maximum Gasteiger partial charge on any atom is 0.251 e. The Morgan fingerprint density at radius 2 is 1.83 bits per heavy atom. The van der Waals surface area contributed by atoms with E-state index < -0.39 is 0 Å². The molecule has 0 radical (unpaired) electrons. The lowest BCUT2D eigenvalue weighted by molar-refractivity contribution is -0.116. The Morgan fingerprint density at radius 3 is 2.46 bits per heavy atom. The zero-order chi connectivity index (χ0) is 17.9. The first-order valence-electron chi connectivity index (χ1n) is 8.82. The number of hydrogen-bond donors (Lipinski definition) is 3. The van der Waals surface area contributed by atoms with Gasteiger partial charge in [0.15, 0.2) is 0 Å². The first kappa shape index (κ1) is 20.2. The van der Waals surface area contributed by atoms with E-state index in [1.807, 2.05) is 13.0 Å². The molecule has 0 atom stereocenters. The van der Waals surface area contributed by atoms with Crippen molar-refractivity contribution in [3.8, 4) is 0 Å². The number of nitrogens with two attached hydrogens (primary N) is 1. The van der Waals surface area contributed by atoms with Gasteiger partial charge in [0, 0.05) is 24.2 Å². The summed E-state index contributed by atoms with van der Waals surface area (Å²) in [4.78, 5) is 24.0. The second kappa shape index (κ2) is 10.8. The van der Waals surface area contributed by atoms with Crippen molar-refractivity contribution < 1.29 is 9.59 Å². The van der Waals surface area contributed by atoms with E-state index in [1.54, 1.807) is 12.1 Å². The van der Waals surface area contributed by atoms with Gasteiger partial charge in [0.2, 0.25) is 5.91 Å². The van der Waals surface area contributed by atoms with Gasteiger partial charge in [-0.3, -0.25) is 9.59 Å². The number of nitrogens with one attached hydrogen (secondary N) is 2. The number of rotatable bonds is 10. The molecule has 0 aromatic heterocycles. The fourth-order valence-corrected chi connectivity index (χ4v) is 2.34. The minimum Gasteiger partial charge on any atom is -0.352 e. The maximum absolute atomic E-state index is 12.1. The van der Waals surface area contributed by atoms with Crippen LogP contribution in [-0.2, 0) is 4.79 Å². The number of benzene rings is 1. The van der Waals surface area contributed by atoms with Crippen molar-refractivity contribution in [1.29, 1.82) is 0 Å². The molecule has 5 nitrogen and oxygen atoms in total. The van der Waals surface area contributed by atoms with Gasteiger partial charge in [-0.25, -0.2) is 0 Å². The summed E-state index contributed by atoms with van der Waals surface area (Å²) in [5.74, 6) is 0.353. The molecular formula is C19H31N3O2. The molecule has 0 spiro atoms. The van der Waals surface area contributed by atoms with Crippen LogP contribution in [0, 0.1) is 12.8 Å². The van der Waals surface area contributed by atoms with Gasteiger partial charge >= 0.3 is 0 Å². The highest BCUT2D eigenvalue weighted by Crippen LogP contribution is 2.17. The summed E-state index contributed by atoms with van der Waals surface area (Å²) < 4.78 is 0. The van der Waals surface area contributed by atoms with E-state index in [2.05, 4.69) is 24.5 Å². The minimum atomic E-state index is -0.0791. The number of anilines is 1. The normalized spacial score (nSPS) is 10.7. The van der Waals surface area contributed by atoms with Crippen molar-refractivity contribution in [2.45, 2.75) is 52.9 Å². The maximum atomic E-state index is 12.1. The van der Waals surface area contributed by atoms with Crippen molar-refractivity contribution >= 4 is 17.5 Å². The number of unbranched alkanes of at least 4 members (excludes halogenated alkanes) is 3. The Kier molecular flexibility index (Phi) is 9.08. The average molecular weight is 333 g/mol. The van der Waals surface area contributed by atoms with Crippen LogP contribution in [0.25, 0.3) is 0 Å². The summed E-state index contributed by atoms with van der Waals surface area (Å²) >= 11 is 0. The predicted molar refractivity (Wildman–Crippen MR) is 99.1 cm³/mol. The summed E-state index contributed by atoms with van der Waals surface area (Å²) in [6, 6.07) is 5.36. The van der Waals surface area contributed by atoms with E-state index in [0.29, 0.717) is 31.0 Å². The molecule has 24 heavy (non-hydrogen) atoms. The van der Waals surface area contributed by atoms with Crippen molar-refractivity contribution in [2.24, 2.45) is 11.7 Å². The molecule has 0 unspecified atom stereocenters. The SMILES string of the molecule is Cc1cc(C(=O)NCC(C)C)ccc1NC(=O)CCCCCCN. The van der Waals surface area contributed by atoms with Gasteiger partial charge in [0.1, 0.15) is 0 Å². The minimum absolute atomic E-state index is 0.0165. The standard InChI is InChI=1S/C19H31N3O2/c1-14(2)13-21-19(24)16-9-10-17(15(3)12-16)22-18(23)8-6-4-5-7-11-20/h9-10,12,14H,4-8,11,13,20H2,1-3H3,(H,21,24)(H,22,23). The Labute approximate surface area is 145 Å². The molecule has 0 heterocycles. The van der Waals surface area contributed by atoms with E-state index >= 15 is 0 Å². The highest BCUT2D eigenvalue weighted by Gasteiger charge is 2.10. The van der Waals surface area contributed by atoms with Crippen LogP contribution in [0.2, 0.25) is 0 Å². The van der Waals surface area contributed by atoms with Crippen LogP contribution >= 0.6 is 0 Å². The molecule has 5 heteroatoms. The fourth-order valence-electron chi connectivity index (χ4n) is 2.34. The van der Waals surface area contributed by atoms with Crippen LogP contribution in [0.5, 0.6) is 0 Å². The third-order valence-corrected chi connectivity index (χ3v) is 3.79. The lowest BCUT2D eigenvalue weighted by Gasteiger charge is -2.11. The zero-order valence-electron chi connectivity index (χ0n) is 15.2. The second-order valence-corrected chi connectivity index (χ2v) is 6.63. The van der Waals surface area contributed by atoms with Gasteiger partial charge in [-0.15, -0.1) is 0 Å². The third-order valence-electron chi connectivity index (χ3n) is 3.79. The molecular weight excluding hydrogens is 302 g/mol. The molecule has 0 saturated carbocycles. The van der Waals surface area contributed by atoms with Gasteiger partial charge < -0.3 is 16.4 Å². The Morgan fingerprint density at radius 1 is 1.12 bits per heavy atom. The summed E-state index contributed by atoms with van der Waals surface area (Å²) in [6.45, 7) is 7.37. The van der Waals surface area contributed by atoms with E-state index in [1.165, 1.54) is 0 Å². The van der Waals surface area contributed by atoms with Crippen LogP contribution < -0.4 is 16.4 Å². The first-order chi connectivity index (χ1) is 11.4.